The Morgan fingerprint density at radius 1 is 0.788 bits per heavy atom. The Hall–Kier alpha value is -3.80. The molecule has 1 aliphatic carbocycles. The summed E-state index contributed by atoms with van der Waals surface area (Å²) in [6, 6.07) is 24.2. The Morgan fingerprint density at radius 3 is 2.27 bits per heavy atom. The lowest BCUT2D eigenvalue weighted by Crippen LogP contribution is -2.36. The summed E-state index contributed by atoms with van der Waals surface area (Å²) in [5.74, 6) is 1.21. The monoisotopic (exact) mass is 443 g/mol. The summed E-state index contributed by atoms with van der Waals surface area (Å²) in [5, 5.41) is 9.07. The van der Waals surface area contributed by atoms with E-state index in [9.17, 15) is 9.59 Å². The molecule has 4 rings (SSSR count). The second kappa shape index (κ2) is 11.2. The standard InChI is InChI=1S/C27H29N3O3/c31-26(29-22-14-16-25(17-15-22)33-24-12-5-2-6-13-24)19-28-23-11-7-8-20(18-23)27(32)30-21-9-3-1-4-10-21/h2,5-8,11-18,21,28H,1,3-4,9-10,19H2,(H,29,31)(H,30,32). The van der Waals surface area contributed by atoms with Crippen molar-refractivity contribution in [2.24, 2.45) is 0 Å². The SMILES string of the molecule is O=C(CNc1cccc(C(=O)NC2CCCCC2)c1)Nc1ccc(Oc2ccccc2)cc1. The molecule has 0 heterocycles. The van der Waals surface area contributed by atoms with Crippen LogP contribution in [0.2, 0.25) is 0 Å². The summed E-state index contributed by atoms with van der Waals surface area (Å²) in [6.07, 6.45) is 5.68. The van der Waals surface area contributed by atoms with Crippen LogP contribution in [0.4, 0.5) is 11.4 Å². The van der Waals surface area contributed by atoms with Gasteiger partial charge in [0.15, 0.2) is 0 Å². The Bertz CT molecular complexity index is 1060. The Morgan fingerprint density at radius 2 is 1.52 bits per heavy atom. The first-order valence-corrected chi connectivity index (χ1v) is 11.4. The van der Waals surface area contributed by atoms with Crippen LogP contribution < -0.4 is 20.7 Å². The summed E-state index contributed by atoms with van der Waals surface area (Å²) < 4.78 is 5.76. The van der Waals surface area contributed by atoms with Gasteiger partial charge in [0.2, 0.25) is 5.91 Å². The molecule has 170 valence electrons. The van der Waals surface area contributed by atoms with Gasteiger partial charge in [-0.2, -0.15) is 0 Å². The molecule has 0 saturated heterocycles. The Kier molecular flexibility index (Phi) is 7.59. The van der Waals surface area contributed by atoms with Crippen LogP contribution in [-0.2, 0) is 4.79 Å². The third kappa shape index (κ3) is 6.84. The zero-order chi connectivity index (χ0) is 22.9. The van der Waals surface area contributed by atoms with E-state index in [1.54, 1.807) is 24.3 Å². The van der Waals surface area contributed by atoms with Gasteiger partial charge in [0.25, 0.3) is 5.91 Å². The summed E-state index contributed by atoms with van der Waals surface area (Å²) >= 11 is 0. The number of rotatable bonds is 8. The zero-order valence-electron chi connectivity index (χ0n) is 18.6. The normalized spacial score (nSPS) is 13.7. The van der Waals surface area contributed by atoms with Crippen molar-refractivity contribution in [3.8, 4) is 11.5 Å². The number of hydrogen-bond acceptors (Lipinski definition) is 4. The highest BCUT2D eigenvalue weighted by Gasteiger charge is 2.16. The summed E-state index contributed by atoms with van der Waals surface area (Å²) in [4.78, 5) is 24.9. The molecule has 0 spiro atoms. The molecule has 1 aliphatic rings. The topological polar surface area (TPSA) is 79.5 Å². The number of benzene rings is 3. The van der Waals surface area contributed by atoms with E-state index in [2.05, 4.69) is 16.0 Å². The lowest BCUT2D eigenvalue weighted by molar-refractivity contribution is -0.114. The summed E-state index contributed by atoms with van der Waals surface area (Å²) in [6.45, 7) is 0.0932. The van der Waals surface area contributed by atoms with Crippen molar-refractivity contribution in [3.05, 3.63) is 84.4 Å². The van der Waals surface area contributed by atoms with Crippen molar-refractivity contribution >= 4 is 23.2 Å². The number of carbonyl (C=O) groups excluding carboxylic acids is 2. The summed E-state index contributed by atoms with van der Waals surface area (Å²) in [7, 11) is 0. The number of ether oxygens (including phenoxy) is 1. The first-order valence-electron chi connectivity index (χ1n) is 11.4. The molecule has 1 fully saturated rings. The molecule has 0 radical (unpaired) electrons. The van der Waals surface area contributed by atoms with Crippen LogP contribution in [0, 0.1) is 0 Å². The molecule has 3 aromatic carbocycles. The first kappa shape index (κ1) is 22.4. The molecule has 3 aromatic rings. The van der Waals surface area contributed by atoms with Crippen molar-refractivity contribution < 1.29 is 14.3 Å². The maximum atomic E-state index is 12.6. The highest BCUT2D eigenvalue weighted by Crippen LogP contribution is 2.23. The molecule has 1 saturated carbocycles. The van der Waals surface area contributed by atoms with Crippen molar-refractivity contribution in [3.63, 3.8) is 0 Å². The minimum Gasteiger partial charge on any atom is -0.457 e. The molecule has 0 bridgehead atoms. The van der Waals surface area contributed by atoms with Crippen LogP contribution in [0.5, 0.6) is 11.5 Å². The van der Waals surface area contributed by atoms with E-state index in [4.69, 9.17) is 4.74 Å². The van der Waals surface area contributed by atoms with Gasteiger partial charge in [0.05, 0.1) is 6.54 Å². The van der Waals surface area contributed by atoms with Gasteiger partial charge in [0, 0.05) is 23.0 Å². The highest BCUT2D eigenvalue weighted by atomic mass is 16.5. The van der Waals surface area contributed by atoms with Gasteiger partial charge in [-0.1, -0.05) is 43.5 Å². The smallest absolute Gasteiger partial charge is 0.251 e. The van der Waals surface area contributed by atoms with Gasteiger partial charge in [-0.3, -0.25) is 9.59 Å². The largest absolute Gasteiger partial charge is 0.457 e. The van der Waals surface area contributed by atoms with Crippen molar-refractivity contribution in [2.75, 3.05) is 17.2 Å². The van der Waals surface area contributed by atoms with Gasteiger partial charge in [-0.05, 0) is 67.4 Å². The van der Waals surface area contributed by atoms with Crippen molar-refractivity contribution in [1.29, 1.82) is 0 Å². The molecular weight excluding hydrogens is 414 g/mol. The maximum absolute atomic E-state index is 12.6. The van der Waals surface area contributed by atoms with Crippen LogP contribution in [0.1, 0.15) is 42.5 Å². The first-order chi connectivity index (χ1) is 16.2. The molecule has 0 aliphatic heterocycles. The van der Waals surface area contributed by atoms with Gasteiger partial charge < -0.3 is 20.7 Å². The quantitative estimate of drug-likeness (QED) is 0.424. The van der Waals surface area contributed by atoms with Crippen LogP contribution >= 0.6 is 0 Å². The number of carbonyl (C=O) groups is 2. The van der Waals surface area contributed by atoms with Gasteiger partial charge in [0.1, 0.15) is 11.5 Å². The predicted octanol–water partition coefficient (Wildman–Crippen LogP) is 5.59. The van der Waals surface area contributed by atoms with Gasteiger partial charge in [-0.25, -0.2) is 0 Å². The molecule has 3 N–H and O–H groups in total. The molecule has 6 nitrogen and oxygen atoms in total. The lowest BCUT2D eigenvalue weighted by atomic mass is 9.95. The second-order valence-electron chi connectivity index (χ2n) is 8.23. The molecule has 0 unspecified atom stereocenters. The van der Waals surface area contributed by atoms with Crippen LogP contribution in [0.15, 0.2) is 78.9 Å². The van der Waals surface area contributed by atoms with Crippen LogP contribution in [0.25, 0.3) is 0 Å². The molecule has 33 heavy (non-hydrogen) atoms. The van der Waals surface area contributed by atoms with E-state index in [-0.39, 0.29) is 24.4 Å². The summed E-state index contributed by atoms with van der Waals surface area (Å²) in [5.41, 5.74) is 2.01. The van der Waals surface area contributed by atoms with E-state index in [0.717, 1.165) is 24.3 Å². The highest BCUT2D eigenvalue weighted by molar-refractivity contribution is 5.96. The fraction of sp³-hybridized carbons (Fsp3) is 0.259. The minimum absolute atomic E-state index is 0.0622. The van der Waals surface area contributed by atoms with Gasteiger partial charge in [-0.15, -0.1) is 0 Å². The molecule has 0 aromatic heterocycles. The van der Waals surface area contributed by atoms with Crippen LogP contribution in [0.3, 0.4) is 0 Å². The minimum atomic E-state index is -0.177. The van der Waals surface area contributed by atoms with E-state index in [0.29, 0.717) is 17.0 Å². The lowest BCUT2D eigenvalue weighted by Gasteiger charge is -2.22. The van der Waals surface area contributed by atoms with E-state index >= 15 is 0 Å². The average Bonchev–Trinajstić information content (AvgIpc) is 2.85. The molecular formula is C27H29N3O3. The van der Waals surface area contributed by atoms with Gasteiger partial charge >= 0.3 is 0 Å². The number of amides is 2. The third-order valence-corrected chi connectivity index (χ3v) is 5.64. The van der Waals surface area contributed by atoms with Crippen molar-refractivity contribution in [1.82, 2.24) is 5.32 Å². The fourth-order valence-electron chi connectivity index (χ4n) is 3.90. The number of para-hydroxylation sites is 1. The number of nitrogens with one attached hydrogen (secondary N) is 3. The number of hydrogen-bond donors (Lipinski definition) is 3. The number of anilines is 2. The third-order valence-electron chi connectivity index (χ3n) is 5.64. The van der Waals surface area contributed by atoms with Crippen molar-refractivity contribution in [2.45, 2.75) is 38.1 Å². The maximum Gasteiger partial charge on any atom is 0.251 e. The predicted molar refractivity (Wildman–Crippen MR) is 131 cm³/mol. The Balaban J connectivity index is 1.25. The second-order valence-corrected chi connectivity index (χ2v) is 8.23. The van der Waals surface area contributed by atoms with E-state index in [1.807, 2.05) is 54.6 Å². The molecule has 0 atom stereocenters. The van der Waals surface area contributed by atoms with Crippen LogP contribution in [-0.4, -0.2) is 24.4 Å². The fourth-order valence-corrected chi connectivity index (χ4v) is 3.90. The van der Waals surface area contributed by atoms with E-state index in [1.165, 1.54) is 19.3 Å². The zero-order valence-corrected chi connectivity index (χ0v) is 18.6. The Labute approximate surface area is 194 Å². The molecule has 6 heteroatoms. The molecule has 2 amide bonds. The average molecular weight is 444 g/mol. The van der Waals surface area contributed by atoms with E-state index < -0.39 is 0 Å².